The smallest absolute Gasteiger partial charge is 0.150 e. The van der Waals surface area contributed by atoms with Crippen LogP contribution in [0.15, 0.2) is 24.3 Å². The van der Waals surface area contributed by atoms with Crippen LogP contribution in [0.5, 0.6) is 5.75 Å². The Morgan fingerprint density at radius 2 is 1.89 bits per heavy atom. The molecule has 0 N–H and O–H groups in total. The molecule has 0 unspecified atom stereocenters. The molecule has 4 nitrogen and oxygen atoms in total. The summed E-state index contributed by atoms with van der Waals surface area (Å²) >= 11 is 0. The molecule has 1 saturated heterocycles. The summed E-state index contributed by atoms with van der Waals surface area (Å²) in [6.45, 7) is 7.66. The lowest BCUT2D eigenvalue weighted by Gasteiger charge is -2.35. The molecule has 0 bridgehead atoms. The van der Waals surface area contributed by atoms with Crippen LogP contribution >= 0.6 is 0 Å². The van der Waals surface area contributed by atoms with Crippen LogP contribution in [0.3, 0.4) is 0 Å². The van der Waals surface area contributed by atoms with Crippen LogP contribution in [0, 0.1) is 0 Å². The third-order valence-corrected chi connectivity index (χ3v) is 3.19. The van der Waals surface area contributed by atoms with Gasteiger partial charge in [-0.15, -0.1) is 0 Å². The van der Waals surface area contributed by atoms with Crippen molar-refractivity contribution in [1.82, 2.24) is 4.90 Å². The molecule has 1 fully saturated rings. The molecule has 1 aliphatic rings. The fourth-order valence-corrected chi connectivity index (χ4v) is 2.40. The highest BCUT2D eigenvalue weighted by molar-refractivity contribution is 5.74. The van der Waals surface area contributed by atoms with E-state index in [1.165, 1.54) is 0 Å². The minimum absolute atomic E-state index is 0.288. The number of hydrogen-bond acceptors (Lipinski definition) is 4. The van der Waals surface area contributed by atoms with Gasteiger partial charge < -0.3 is 9.47 Å². The van der Waals surface area contributed by atoms with E-state index in [0.29, 0.717) is 12.2 Å². The van der Waals surface area contributed by atoms with E-state index in [1.54, 1.807) is 12.1 Å². The highest BCUT2D eigenvalue weighted by Crippen LogP contribution is 2.13. The van der Waals surface area contributed by atoms with Crippen LogP contribution in [-0.2, 0) is 4.74 Å². The van der Waals surface area contributed by atoms with E-state index >= 15 is 0 Å². The summed E-state index contributed by atoms with van der Waals surface area (Å²) in [7, 11) is 0. The van der Waals surface area contributed by atoms with Gasteiger partial charge in [0.05, 0.1) is 12.2 Å². The molecule has 104 valence electrons. The van der Waals surface area contributed by atoms with Gasteiger partial charge in [-0.1, -0.05) is 0 Å². The third kappa shape index (κ3) is 4.33. The number of morpholine rings is 1. The van der Waals surface area contributed by atoms with E-state index in [-0.39, 0.29) is 12.2 Å². The van der Waals surface area contributed by atoms with Crippen LogP contribution in [0.1, 0.15) is 24.2 Å². The van der Waals surface area contributed by atoms with Gasteiger partial charge in [0.25, 0.3) is 0 Å². The fourth-order valence-electron chi connectivity index (χ4n) is 2.40. The quantitative estimate of drug-likeness (QED) is 0.762. The zero-order chi connectivity index (χ0) is 13.7. The molecule has 2 rings (SSSR count). The van der Waals surface area contributed by atoms with Gasteiger partial charge in [0.15, 0.2) is 0 Å². The number of aldehydes is 1. The summed E-state index contributed by atoms with van der Waals surface area (Å²) < 4.78 is 11.4. The Balaban J connectivity index is 1.74. The SMILES string of the molecule is C[C@@H]1CN(CCOc2ccc(C=O)cc2)C[C@H](C)O1. The second-order valence-electron chi connectivity index (χ2n) is 5.05. The first-order chi connectivity index (χ1) is 9.17. The maximum Gasteiger partial charge on any atom is 0.150 e. The summed E-state index contributed by atoms with van der Waals surface area (Å²) in [5, 5.41) is 0. The number of nitrogens with zero attached hydrogens (tertiary/aromatic N) is 1. The van der Waals surface area contributed by atoms with Crippen molar-refractivity contribution in [2.24, 2.45) is 0 Å². The molecule has 19 heavy (non-hydrogen) atoms. The van der Waals surface area contributed by atoms with Crippen LogP contribution in [0.4, 0.5) is 0 Å². The summed E-state index contributed by atoms with van der Waals surface area (Å²) in [6, 6.07) is 7.19. The van der Waals surface area contributed by atoms with Crippen LogP contribution in [0.25, 0.3) is 0 Å². The van der Waals surface area contributed by atoms with E-state index < -0.39 is 0 Å². The molecule has 0 amide bonds. The number of carbonyl (C=O) groups excluding carboxylic acids is 1. The van der Waals surface area contributed by atoms with Gasteiger partial charge >= 0.3 is 0 Å². The van der Waals surface area contributed by atoms with E-state index in [2.05, 4.69) is 18.7 Å². The molecule has 0 saturated carbocycles. The minimum atomic E-state index is 0.288. The number of ether oxygens (including phenoxy) is 2. The lowest BCUT2D eigenvalue weighted by molar-refractivity contribution is -0.0699. The van der Waals surface area contributed by atoms with Crippen molar-refractivity contribution in [3.8, 4) is 5.75 Å². The fraction of sp³-hybridized carbons (Fsp3) is 0.533. The Hall–Kier alpha value is -1.39. The molecule has 1 aromatic carbocycles. The third-order valence-electron chi connectivity index (χ3n) is 3.19. The molecule has 0 spiro atoms. The highest BCUT2D eigenvalue weighted by atomic mass is 16.5. The van der Waals surface area contributed by atoms with Crippen molar-refractivity contribution in [3.63, 3.8) is 0 Å². The van der Waals surface area contributed by atoms with Crippen molar-refractivity contribution in [2.75, 3.05) is 26.2 Å². The maximum atomic E-state index is 10.5. The predicted molar refractivity (Wildman–Crippen MR) is 73.8 cm³/mol. The summed E-state index contributed by atoms with van der Waals surface area (Å²) in [6.07, 6.45) is 1.41. The second kappa shape index (κ2) is 6.68. The van der Waals surface area contributed by atoms with Gasteiger partial charge in [-0.05, 0) is 38.1 Å². The van der Waals surface area contributed by atoms with Crippen molar-refractivity contribution in [1.29, 1.82) is 0 Å². The van der Waals surface area contributed by atoms with Crippen molar-refractivity contribution < 1.29 is 14.3 Å². The van der Waals surface area contributed by atoms with Gasteiger partial charge in [0.1, 0.15) is 18.6 Å². The Kier molecular flexibility index (Phi) is 4.93. The van der Waals surface area contributed by atoms with E-state index in [9.17, 15) is 4.79 Å². The normalized spacial score (nSPS) is 24.1. The van der Waals surface area contributed by atoms with Crippen molar-refractivity contribution in [3.05, 3.63) is 29.8 Å². The van der Waals surface area contributed by atoms with Gasteiger partial charge in [-0.3, -0.25) is 9.69 Å². The largest absolute Gasteiger partial charge is 0.492 e. The van der Waals surface area contributed by atoms with E-state index in [0.717, 1.165) is 31.7 Å². The number of hydrogen-bond donors (Lipinski definition) is 0. The monoisotopic (exact) mass is 263 g/mol. The average Bonchev–Trinajstić information content (AvgIpc) is 2.38. The van der Waals surface area contributed by atoms with Crippen molar-refractivity contribution >= 4 is 6.29 Å². The Morgan fingerprint density at radius 1 is 1.26 bits per heavy atom. The molecule has 1 aromatic rings. The Morgan fingerprint density at radius 3 is 2.47 bits per heavy atom. The molecule has 0 radical (unpaired) electrons. The summed E-state index contributed by atoms with van der Waals surface area (Å²) in [4.78, 5) is 12.9. The standard InChI is InChI=1S/C15H21NO3/c1-12-9-16(10-13(2)19-12)7-8-18-15-5-3-14(11-17)4-6-15/h3-6,11-13H,7-10H2,1-2H3/t12-,13+. The Bertz CT molecular complexity index is 394. The molecule has 0 aliphatic carbocycles. The number of carbonyl (C=O) groups is 1. The first-order valence-corrected chi connectivity index (χ1v) is 6.73. The highest BCUT2D eigenvalue weighted by Gasteiger charge is 2.21. The minimum Gasteiger partial charge on any atom is -0.492 e. The molecular formula is C15H21NO3. The predicted octanol–water partition coefficient (Wildman–Crippen LogP) is 1.99. The molecular weight excluding hydrogens is 242 g/mol. The zero-order valence-corrected chi connectivity index (χ0v) is 11.5. The first kappa shape index (κ1) is 14.0. The molecule has 0 aromatic heterocycles. The first-order valence-electron chi connectivity index (χ1n) is 6.73. The van der Waals surface area contributed by atoms with Crippen molar-refractivity contribution in [2.45, 2.75) is 26.1 Å². The zero-order valence-electron chi connectivity index (χ0n) is 11.5. The van der Waals surface area contributed by atoms with Crippen LogP contribution in [0.2, 0.25) is 0 Å². The van der Waals surface area contributed by atoms with Gasteiger partial charge in [0, 0.05) is 25.2 Å². The maximum absolute atomic E-state index is 10.5. The van der Waals surface area contributed by atoms with E-state index in [4.69, 9.17) is 9.47 Å². The van der Waals surface area contributed by atoms with E-state index in [1.807, 2.05) is 12.1 Å². The number of rotatable bonds is 5. The average molecular weight is 263 g/mol. The van der Waals surface area contributed by atoms with Gasteiger partial charge in [0.2, 0.25) is 0 Å². The molecule has 1 heterocycles. The summed E-state index contributed by atoms with van der Waals surface area (Å²) in [5.74, 6) is 0.806. The summed E-state index contributed by atoms with van der Waals surface area (Å²) in [5.41, 5.74) is 0.670. The lowest BCUT2D eigenvalue weighted by Crippen LogP contribution is -2.46. The van der Waals surface area contributed by atoms with Crippen LogP contribution in [-0.4, -0.2) is 49.6 Å². The number of benzene rings is 1. The Labute approximate surface area is 114 Å². The second-order valence-corrected chi connectivity index (χ2v) is 5.05. The molecule has 1 aliphatic heterocycles. The van der Waals surface area contributed by atoms with Gasteiger partial charge in [-0.25, -0.2) is 0 Å². The van der Waals surface area contributed by atoms with Gasteiger partial charge in [-0.2, -0.15) is 0 Å². The molecule has 2 atom stereocenters. The van der Waals surface area contributed by atoms with Crippen LogP contribution < -0.4 is 4.74 Å². The molecule has 4 heteroatoms. The lowest BCUT2D eigenvalue weighted by atomic mass is 10.2. The topological polar surface area (TPSA) is 38.8 Å².